The van der Waals surface area contributed by atoms with Gasteiger partial charge in [-0.15, -0.1) is 11.6 Å². The molecule has 84 valence electrons. The number of fused-ring (bicyclic) bond motifs is 1. The summed E-state index contributed by atoms with van der Waals surface area (Å²) in [6, 6.07) is 5.69. The van der Waals surface area contributed by atoms with E-state index in [9.17, 15) is 4.79 Å². The number of nitrogens with two attached hydrogens (primary N) is 1. The summed E-state index contributed by atoms with van der Waals surface area (Å²) in [5, 5.41) is 2.81. The van der Waals surface area contributed by atoms with Crippen LogP contribution in [0.3, 0.4) is 0 Å². The first-order chi connectivity index (χ1) is 7.70. The second-order valence-corrected chi connectivity index (χ2v) is 3.86. The molecule has 0 atom stereocenters. The lowest BCUT2D eigenvalue weighted by Crippen LogP contribution is -2.19. The van der Waals surface area contributed by atoms with Crippen molar-refractivity contribution in [3.8, 4) is 0 Å². The maximum Gasteiger partial charge on any atom is 0.224 e. The Labute approximate surface area is 98.5 Å². The van der Waals surface area contributed by atoms with E-state index in [1.807, 2.05) is 18.2 Å². The highest BCUT2D eigenvalue weighted by molar-refractivity contribution is 6.28. The summed E-state index contributed by atoms with van der Waals surface area (Å²) in [5.41, 5.74) is 8.09. The number of nitrogens with one attached hydrogen (secondary N) is 1. The van der Waals surface area contributed by atoms with Gasteiger partial charge in [-0.2, -0.15) is 0 Å². The first-order valence-corrected chi connectivity index (χ1v) is 5.55. The zero-order valence-electron chi connectivity index (χ0n) is 8.66. The first kappa shape index (κ1) is 11.0. The van der Waals surface area contributed by atoms with Gasteiger partial charge in [0.15, 0.2) is 0 Å². The molecule has 3 N–H and O–H groups in total. The monoisotopic (exact) mass is 237 g/mol. The summed E-state index contributed by atoms with van der Waals surface area (Å²) in [6.45, 7) is 0. The number of para-hydroxylation sites is 1. The Kier molecular flexibility index (Phi) is 3.10. The molecule has 1 aliphatic heterocycles. The summed E-state index contributed by atoms with van der Waals surface area (Å²) in [7, 11) is 0. The molecule has 1 aliphatic rings. The van der Waals surface area contributed by atoms with Crippen LogP contribution in [0, 0.1) is 0 Å². The van der Waals surface area contributed by atoms with E-state index in [-0.39, 0.29) is 11.8 Å². The third kappa shape index (κ3) is 2.17. The van der Waals surface area contributed by atoms with Crippen molar-refractivity contribution >= 4 is 34.7 Å². The third-order valence-corrected chi connectivity index (χ3v) is 2.69. The molecule has 0 bridgehead atoms. The fourth-order valence-electron chi connectivity index (χ4n) is 1.67. The standard InChI is InChI=1S/C11H12ClN3O/c12-6-9(13)14-8-3-1-2-7-4-5-10(16)15-11(7)8/h1-3H,4-6H2,(H2,13,14)(H,15,16). The molecule has 0 aromatic heterocycles. The summed E-state index contributed by atoms with van der Waals surface area (Å²) in [5.74, 6) is 0.534. The summed E-state index contributed by atoms with van der Waals surface area (Å²) < 4.78 is 0. The minimum absolute atomic E-state index is 0.0135. The molecule has 2 rings (SSSR count). The van der Waals surface area contributed by atoms with E-state index in [1.165, 1.54) is 0 Å². The number of nitrogens with zero attached hydrogens (tertiary/aromatic N) is 1. The molecule has 1 heterocycles. The number of carbonyl (C=O) groups excluding carboxylic acids is 1. The molecule has 4 nitrogen and oxygen atoms in total. The van der Waals surface area contributed by atoms with Gasteiger partial charge in [0.1, 0.15) is 5.84 Å². The highest BCUT2D eigenvalue weighted by Gasteiger charge is 2.17. The molecule has 5 heteroatoms. The van der Waals surface area contributed by atoms with E-state index in [0.29, 0.717) is 17.9 Å². The second-order valence-electron chi connectivity index (χ2n) is 3.60. The number of hydrogen-bond acceptors (Lipinski definition) is 2. The number of alkyl halides is 1. The van der Waals surface area contributed by atoms with Gasteiger partial charge in [0.2, 0.25) is 5.91 Å². The van der Waals surface area contributed by atoms with Crippen molar-refractivity contribution in [3.05, 3.63) is 23.8 Å². The van der Waals surface area contributed by atoms with Gasteiger partial charge in [-0.25, -0.2) is 4.99 Å². The highest BCUT2D eigenvalue weighted by Crippen LogP contribution is 2.32. The Morgan fingerprint density at radius 2 is 2.31 bits per heavy atom. The molecule has 1 aromatic carbocycles. The zero-order chi connectivity index (χ0) is 11.5. The van der Waals surface area contributed by atoms with E-state index in [4.69, 9.17) is 17.3 Å². The average Bonchev–Trinajstić information content (AvgIpc) is 2.29. The third-order valence-electron chi connectivity index (χ3n) is 2.42. The Hall–Kier alpha value is -1.55. The molecule has 0 saturated heterocycles. The maximum atomic E-state index is 11.3. The Balaban J connectivity index is 2.43. The van der Waals surface area contributed by atoms with E-state index in [2.05, 4.69) is 10.3 Å². The van der Waals surface area contributed by atoms with Crippen LogP contribution in [0.25, 0.3) is 0 Å². The fraction of sp³-hybridized carbons (Fsp3) is 0.273. The Bertz CT molecular complexity index is 457. The SMILES string of the molecule is NC(CCl)=Nc1cccc2c1NC(=O)CC2. The lowest BCUT2D eigenvalue weighted by atomic mass is 10.0. The number of amidine groups is 1. The van der Waals surface area contributed by atoms with Crippen molar-refractivity contribution in [2.75, 3.05) is 11.2 Å². The maximum absolute atomic E-state index is 11.3. The fourth-order valence-corrected chi connectivity index (χ4v) is 1.73. The van der Waals surface area contributed by atoms with Crippen LogP contribution in [0.5, 0.6) is 0 Å². The van der Waals surface area contributed by atoms with Gasteiger partial charge in [-0.1, -0.05) is 12.1 Å². The minimum atomic E-state index is 0.0135. The van der Waals surface area contributed by atoms with Gasteiger partial charge < -0.3 is 11.1 Å². The van der Waals surface area contributed by atoms with Crippen LogP contribution >= 0.6 is 11.6 Å². The van der Waals surface area contributed by atoms with Gasteiger partial charge in [0, 0.05) is 6.42 Å². The van der Waals surface area contributed by atoms with E-state index >= 15 is 0 Å². The number of rotatable bonds is 2. The summed E-state index contributed by atoms with van der Waals surface area (Å²) in [6.07, 6.45) is 1.26. The minimum Gasteiger partial charge on any atom is -0.386 e. The molecule has 0 fully saturated rings. The van der Waals surface area contributed by atoms with Gasteiger partial charge in [0.25, 0.3) is 0 Å². The molecule has 16 heavy (non-hydrogen) atoms. The topological polar surface area (TPSA) is 67.5 Å². The number of carbonyl (C=O) groups is 1. The van der Waals surface area contributed by atoms with Crippen LogP contribution in [0.2, 0.25) is 0 Å². The molecule has 0 saturated carbocycles. The van der Waals surface area contributed by atoms with Crippen LogP contribution in [0.15, 0.2) is 23.2 Å². The van der Waals surface area contributed by atoms with Crippen LogP contribution in [0.1, 0.15) is 12.0 Å². The number of benzene rings is 1. The van der Waals surface area contributed by atoms with Crippen molar-refractivity contribution < 1.29 is 4.79 Å². The zero-order valence-corrected chi connectivity index (χ0v) is 9.42. The lowest BCUT2D eigenvalue weighted by molar-refractivity contribution is -0.116. The molecule has 0 spiro atoms. The largest absolute Gasteiger partial charge is 0.386 e. The second kappa shape index (κ2) is 4.53. The number of aryl methyl sites for hydroxylation is 1. The van der Waals surface area contributed by atoms with Gasteiger partial charge in [-0.3, -0.25) is 4.79 Å². The van der Waals surface area contributed by atoms with Crippen LogP contribution in [-0.4, -0.2) is 17.6 Å². The Morgan fingerprint density at radius 1 is 1.50 bits per heavy atom. The quantitative estimate of drug-likeness (QED) is 0.468. The Morgan fingerprint density at radius 3 is 3.06 bits per heavy atom. The normalized spacial score (nSPS) is 15.6. The molecule has 0 aliphatic carbocycles. The van der Waals surface area contributed by atoms with Crippen molar-refractivity contribution in [2.45, 2.75) is 12.8 Å². The number of hydrogen-bond donors (Lipinski definition) is 2. The predicted molar refractivity (Wildman–Crippen MR) is 65.4 cm³/mol. The predicted octanol–water partition coefficient (Wildman–Crippen LogP) is 1.80. The molecular weight excluding hydrogens is 226 g/mol. The van der Waals surface area contributed by atoms with E-state index in [0.717, 1.165) is 17.7 Å². The first-order valence-electron chi connectivity index (χ1n) is 5.01. The van der Waals surface area contributed by atoms with Gasteiger partial charge >= 0.3 is 0 Å². The smallest absolute Gasteiger partial charge is 0.224 e. The molecule has 0 unspecified atom stereocenters. The van der Waals surface area contributed by atoms with Gasteiger partial charge in [0.05, 0.1) is 17.3 Å². The van der Waals surface area contributed by atoms with Gasteiger partial charge in [-0.05, 0) is 18.1 Å². The summed E-state index contributed by atoms with van der Waals surface area (Å²) >= 11 is 5.57. The number of aliphatic imine (C=N–C) groups is 1. The number of anilines is 1. The van der Waals surface area contributed by atoms with Crippen molar-refractivity contribution in [1.82, 2.24) is 0 Å². The molecule has 0 radical (unpaired) electrons. The van der Waals surface area contributed by atoms with E-state index in [1.54, 1.807) is 0 Å². The molecule has 1 aromatic rings. The summed E-state index contributed by atoms with van der Waals surface area (Å²) in [4.78, 5) is 15.5. The lowest BCUT2D eigenvalue weighted by Gasteiger charge is -2.18. The number of amides is 1. The molecule has 1 amide bonds. The molecular formula is C11H12ClN3O. The van der Waals surface area contributed by atoms with Crippen molar-refractivity contribution in [2.24, 2.45) is 10.7 Å². The van der Waals surface area contributed by atoms with Crippen molar-refractivity contribution in [1.29, 1.82) is 0 Å². The van der Waals surface area contributed by atoms with Crippen molar-refractivity contribution in [3.63, 3.8) is 0 Å². The van der Waals surface area contributed by atoms with Crippen LogP contribution in [-0.2, 0) is 11.2 Å². The van der Waals surface area contributed by atoms with Crippen LogP contribution in [0.4, 0.5) is 11.4 Å². The van der Waals surface area contributed by atoms with Crippen LogP contribution < -0.4 is 11.1 Å². The number of halogens is 1. The van der Waals surface area contributed by atoms with E-state index < -0.39 is 0 Å². The average molecular weight is 238 g/mol. The highest BCUT2D eigenvalue weighted by atomic mass is 35.5.